The molecule has 0 bridgehead atoms. The van der Waals surface area contributed by atoms with Gasteiger partial charge >= 0.3 is 12.2 Å². The van der Waals surface area contributed by atoms with E-state index in [1.165, 1.54) is 16.8 Å². The number of carbonyl (C=O) groups is 1. The third-order valence-electron chi connectivity index (χ3n) is 4.00. The average molecular weight is 389 g/mol. The van der Waals surface area contributed by atoms with Gasteiger partial charge < -0.3 is 5.32 Å². The van der Waals surface area contributed by atoms with Gasteiger partial charge in [0.1, 0.15) is 5.82 Å². The molecule has 2 amide bonds. The van der Waals surface area contributed by atoms with E-state index in [9.17, 15) is 18.0 Å². The molecular formula is C19H18F3N5O. The summed E-state index contributed by atoms with van der Waals surface area (Å²) in [6.07, 6.45) is -2.84. The number of nitrogens with zero attached hydrogens (tertiary/aromatic N) is 3. The molecule has 146 valence electrons. The van der Waals surface area contributed by atoms with Crippen LogP contribution in [0.4, 0.5) is 23.8 Å². The van der Waals surface area contributed by atoms with Crippen molar-refractivity contribution in [1.29, 1.82) is 0 Å². The van der Waals surface area contributed by atoms with Crippen LogP contribution < -0.4 is 10.6 Å². The van der Waals surface area contributed by atoms with Gasteiger partial charge in [0, 0.05) is 12.3 Å². The number of aromatic nitrogens is 3. The Labute approximate surface area is 159 Å². The van der Waals surface area contributed by atoms with Crippen molar-refractivity contribution in [2.24, 2.45) is 0 Å². The fourth-order valence-electron chi connectivity index (χ4n) is 2.66. The highest BCUT2D eigenvalue weighted by molar-refractivity contribution is 5.89. The lowest BCUT2D eigenvalue weighted by atomic mass is 10.1. The molecule has 0 aliphatic carbocycles. The molecule has 0 saturated carbocycles. The highest BCUT2D eigenvalue weighted by Crippen LogP contribution is 2.30. The van der Waals surface area contributed by atoms with Gasteiger partial charge in [0.05, 0.1) is 17.3 Å². The van der Waals surface area contributed by atoms with Gasteiger partial charge in [0.15, 0.2) is 5.82 Å². The number of rotatable bonds is 4. The highest BCUT2D eigenvalue weighted by Gasteiger charge is 2.30. The first kappa shape index (κ1) is 19.4. The minimum absolute atomic E-state index is 0.347. The maximum atomic E-state index is 12.9. The third kappa shape index (κ3) is 4.48. The van der Waals surface area contributed by atoms with Gasteiger partial charge in [-0.2, -0.15) is 23.0 Å². The van der Waals surface area contributed by atoms with E-state index >= 15 is 0 Å². The number of hydrogen-bond acceptors (Lipinski definition) is 3. The van der Waals surface area contributed by atoms with Crippen LogP contribution in [0.15, 0.2) is 54.7 Å². The lowest BCUT2D eigenvalue weighted by molar-refractivity contribution is -0.137. The number of halogens is 3. The topological polar surface area (TPSA) is 71.8 Å². The predicted molar refractivity (Wildman–Crippen MR) is 98.1 cm³/mol. The Bertz CT molecular complexity index is 969. The smallest absolute Gasteiger partial charge is 0.331 e. The molecule has 2 aromatic heterocycles. The Balaban J connectivity index is 1.73. The average Bonchev–Trinajstić information content (AvgIpc) is 3.01. The molecule has 0 aliphatic heterocycles. The summed E-state index contributed by atoms with van der Waals surface area (Å²) in [5, 5.41) is 9.59. The zero-order valence-corrected chi connectivity index (χ0v) is 15.2. The fraction of sp³-hybridized carbons (Fsp3) is 0.211. The standard InChI is InChI=1S/C19H18F3N5O/c1-12-10-17(27(26-12)16-8-3-4-9-23-16)25-18(28)24-13(2)14-6-5-7-15(11-14)19(20,21)22/h3-11,13H,1-2H3,(H2,24,25,28). The van der Waals surface area contributed by atoms with Crippen LogP contribution in [-0.4, -0.2) is 20.8 Å². The summed E-state index contributed by atoms with van der Waals surface area (Å²) in [4.78, 5) is 16.6. The summed E-state index contributed by atoms with van der Waals surface area (Å²) < 4.78 is 40.1. The molecule has 0 radical (unpaired) electrons. The highest BCUT2D eigenvalue weighted by atomic mass is 19.4. The molecule has 28 heavy (non-hydrogen) atoms. The van der Waals surface area contributed by atoms with Crippen LogP contribution in [0.1, 0.15) is 29.8 Å². The van der Waals surface area contributed by atoms with E-state index in [-0.39, 0.29) is 0 Å². The fourth-order valence-corrected chi connectivity index (χ4v) is 2.66. The molecule has 0 saturated heterocycles. The van der Waals surface area contributed by atoms with Gasteiger partial charge in [-0.15, -0.1) is 0 Å². The molecule has 1 aromatic carbocycles. The predicted octanol–water partition coefficient (Wildman–Crippen LogP) is 4.48. The van der Waals surface area contributed by atoms with E-state index < -0.39 is 23.8 Å². The van der Waals surface area contributed by atoms with Crippen LogP contribution >= 0.6 is 0 Å². The van der Waals surface area contributed by atoms with Crippen LogP contribution in [0.2, 0.25) is 0 Å². The lowest BCUT2D eigenvalue weighted by Gasteiger charge is -2.17. The number of hydrogen-bond donors (Lipinski definition) is 2. The van der Waals surface area contributed by atoms with Crippen molar-refractivity contribution in [3.8, 4) is 5.82 Å². The zero-order valence-electron chi connectivity index (χ0n) is 15.2. The van der Waals surface area contributed by atoms with E-state index in [0.29, 0.717) is 22.9 Å². The van der Waals surface area contributed by atoms with Gasteiger partial charge in [-0.1, -0.05) is 18.2 Å². The second-order valence-corrected chi connectivity index (χ2v) is 6.21. The van der Waals surface area contributed by atoms with E-state index in [4.69, 9.17) is 0 Å². The Morgan fingerprint density at radius 3 is 2.61 bits per heavy atom. The summed E-state index contributed by atoms with van der Waals surface area (Å²) >= 11 is 0. The van der Waals surface area contributed by atoms with E-state index in [2.05, 4.69) is 20.7 Å². The second kappa shape index (κ2) is 7.71. The molecule has 3 rings (SSSR count). The molecule has 3 aromatic rings. The summed E-state index contributed by atoms with van der Waals surface area (Å²) in [6.45, 7) is 3.38. The number of amides is 2. The molecule has 9 heteroatoms. The Kier molecular flexibility index (Phi) is 5.34. The van der Waals surface area contributed by atoms with Crippen molar-refractivity contribution in [3.63, 3.8) is 0 Å². The summed E-state index contributed by atoms with van der Waals surface area (Å²) in [6, 6.07) is 10.6. The van der Waals surface area contributed by atoms with Crippen LogP contribution in [0.3, 0.4) is 0 Å². The summed E-state index contributed by atoms with van der Waals surface area (Å²) in [5.74, 6) is 0.918. The molecule has 2 N–H and O–H groups in total. The number of alkyl halides is 3. The summed E-state index contributed by atoms with van der Waals surface area (Å²) in [7, 11) is 0. The second-order valence-electron chi connectivity index (χ2n) is 6.21. The first-order valence-corrected chi connectivity index (χ1v) is 8.47. The molecular weight excluding hydrogens is 371 g/mol. The van der Waals surface area contributed by atoms with Crippen molar-refractivity contribution in [1.82, 2.24) is 20.1 Å². The van der Waals surface area contributed by atoms with E-state index in [0.717, 1.165) is 12.1 Å². The third-order valence-corrected chi connectivity index (χ3v) is 4.00. The number of anilines is 1. The largest absolute Gasteiger partial charge is 0.416 e. The molecule has 0 spiro atoms. The van der Waals surface area contributed by atoms with Crippen LogP contribution in [-0.2, 0) is 6.18 Å². The maximum absolute atomic E-state index is 12.9. The first-order valence-electron chi connectivity index (χ1n) is 8.47. The number of benzene rings is 1. The van der Waals surface area contributed by atoms with Crippen LogP contribution in [0.25, 0.3) is 5.82 Å². The molecule has 6 nitrogen and oxygen atoms in total. The Morgan fingerprint density at radius 2 is 1.93 bits per heavy atom. The van der Waals surface area contributed by atoms with Crippen LogP contribution in [0.5, 0.6) is 0 Å². The number of pyridine rings is 1. The van der Waals surface area contributed by atoms with Gasteiger partial charge in [-0.25, -0.2) is 9.78 Å². The quantitative estimate of drug-likeness (QED) is 0.691. The SMILES string of the molecule is Cc1cc(NC(=O)NC(C)c2cccc(C(F)(F)F)c2)n(-c2ccccn2)n1. The van der Waals surface area contributed by atoms with Gasteiger partial charge in [-0.3, -0.25) is 5.32 Å². The summed E-state index contributed by atoms with van der Waals surface area (Å²) in [5.41, 5.74) is 0.259. The molecule has 0 fully saturated rings. The van der Waals surface area contributed by atoms with Crippen molar-refractivity contribution in [3.05, 3.63) is 71.5 Å². The van der Waals surface area contributed by atoms with Gasteiger partial charge in [-0.05, 0) is 43.7 Å². The lowest BCUT2D eigenvalue weighted by Crippen LogP contribution is -2.32. The minimum atomic E-state index is -4.44. The van der Waals surface area contributed by atoms with Crippen LogP contribution in [0, 0.1) is 6.92 Å². The molecule has 2 heterocycles. The Morgan fingerprint density at radius 1 is 1.14 bits per heavy atom. The van der Waals surface area contributed by atoms with Crippen molar-refractivity contribution in [2.45, 2.75) is 26.1 Å². The number of urea groups is 1. The molecule has 1 unspecified atom stereocenters. The van der Waals surface area contributed by atoms with Crippen molar-refractivity contribution < 1.29 is 18.0 Å². The molecule has 0 aliphatic rings. The number of aryl methyl sites for hydroxylation is 1. The molecule has 1 atom stereocenters. The van der Waals surface area contributed by atoms with Gasteiger partial charge in [0.25, 0.3) is 0 Å². The number of carbonyl (C=O) groups excluding carboxylic acids is 1. The van der Waals surface area contributed by atoms with Crippen molar-refractivity contribution >= 4 is 11.8 Å². The van der Waals surface area contributed by atoms with E-state index in [1.807, 2.05) is 0 Å². The van der Waals surface area contributed by atoms with E-state index in [1.54, 1.807) is 44.3 Å². The first-order chi connectivity index (χ1) is 13.2. The Hall–Kier alpha value is -3.36. The normalized spacial score (nSPS) is 12.5. The number of nitrogens with one attached hydrogen (secondary N) is 2. The minimum Gasteiger partial charge on any atom is -0.331 e. The van der Waals surface area contributed by atoms with Crippen molar-refractivity contribution in [2.75, 3.05) is 5.32 Å². The maximum Gasteiger partial charge on any atom is 0.416 e. The zero-order chi connectivity index (χ0) is 20.3. The van der Waals surface area contributed by atoms with Gasteiger partial charge in [0.2, 0.25) is 0 Å². The monoisotopic (exact) mass is 389 g/mol.